The normalized spacial score (nSPS) is 11.7. The van der Waals surface area contributed by atoms with E-state index in [4.69, 9.17) is 14.6 Å². The third kappa shape index (κ3) is 3.44. The third-order valence-electron chi connectivity index (χ3n) is 2.09. The lowest BCUT2D eigenvalue weighted by molar-refractivity contribution is -0.150. The van der Waals surface area contributed by atoms with Gasteiger partial charge in [0.25, 0.3) is 0 Å². The molecule has 1 rings (SSSR count). The monoisotopic (exact) mass is 256 g/mol. The van der Waals surface area contributed by atoms with Crippen LogP contribution in [0, 0.1) is 5.82 Å². The van der Waals surface area contributed by atoms with Gasteiger partial charge in [-0.05, 0) is 32.0 Å². The summed E-state index contributed by atoms with van der Waals surface area (Å²) in [6.07, 6.45) is -0.964. The number of carbonyl (C=O) groups is 2. The van der Waals surface area contributed by atoms with Crippen LogP contribution in [0.25, 0.3) is 0 Å². The van der Waals surface area contributed by atoms with E-state index in [2.05, 4.69) is 0 Å². The highest BCUT2D eigenvalue weighted by Crippen LogP contribution is 2.21. The molecule has 1 N–H and O–H groups in total. The van der Waals surface area contributed by atoms with Crippen LogP contribution in [0.3, 0.4) is 0 Å². The molecule has 1 unspecified atom stereocenters. The number of carboxylic acid groups (broad SMARTS) is 1. The number of halogens is 1. The first-order valence-electron chi connectivity index (χ1n) is 5.31. The van der Waals surface area contributed by atoms with E-state index in [0.717, 1.165) is 18.2 Å². The lowest BCUT2D eigenvalue weighted by Gasteiger charge is -2.14. The van der Waals surface area contributed by atoms with Crippen molar-refractivity contribution >= 4 is 11.9 Å². The molecule has 0 aromatic heterocycles. The zero-order chi connectivity index (χ0) is 13.7. The van der Waals surface area contributed by atoms with Gasteiger partial charge in [0.15, 0.2) is 6.10 Å². The number of hydrogen-bond acceptors (Lipinski definition) is 4. The number of benzene rings is 1. The molecule has 0 heterocycles. The Hall–Kier alpha value is -2.11. The molecule has 0 fully saturated rings. The van der Waals surface area contributed by atoms with Crippen LogP contribution in [0.5, 0.6) is 5.75 Å². The van der Waals surface area contributed by atoms with E-state index < -0.39 is 23.9 Å². The molecule has 6 heteroatoms. The summed E-state index contributed by atoms with van der Waals surface area (Å²) in [7, 11) is 0. The summed E-state index contributed by atoms with van der Waals surface area (Å²) in [5.74, 6) is -2.72. The molecule has 0 saturated heterocycles. The van der Waals surface area contributed by atoms with Gasteiger partial charge in [0.05, 0.1) is 6.61 Å². The van der Waals surface area contributed by atoms with Gasteiger partial charge in [0.1, 0.15) is 17.1 Å². The summed E-state index contributed by atoms with van der Waals surface area (Å²) >= 11 is 0. The van der Waals surface area contributed by atoms with Crippen molar-refractivity contribution < 1.29 is 28.6 Å². The molecule has 0 aliphatic heterocycles. The minimum atomic E-state index is -1.33. The number of rotatable bonds is 5. The lowest BCUT2D eigenvalue weighted by Crippen LogP contribution is -2.26. The van der Waals surface area contributed by atoms with Crippen LogP contribution in [0.4, 0.5) is 4.39 Å². The molecule has 0 spiro atoms. The van der Waals surface area contributed by atoms with Gasteiger partial charge in [-0.25, -0.2) is 14.0 Å². The molecule has 5 nitrogen and oxygen atoms in total. The Bertz CT molecular complexity index is 458. The summed E-state index contributed by atoms with van der Waals surface area (Å²) in [6.45, 7) is 3.26. The topological polar surface area (TPSA) is 72.8 Å². The minimum Gasteiger partial charge on any atom is -0.478 e. The van der Waals surface area contributed by atoms with Crippen LogP contribution in [0.1, 0.15) is 24.2 Å². The molecule has 0 radical (unpaired) electrons. The van der Waals surface area contributed by atoms with Crippen LogP contribution in [-0.2, 0) is 9.53 Å². The number of hydrogen-bond donors (Lipinski definition) is 1. The van der Waals surface area contributed by atoms with Crippen molar-refractivity contribution in [3.05, 3.63) is 29.6 Å². The molecule has 0 amide bonds. The quantitative estimate of drug-likeness (QED) is 0.814. The number of ether oxygens (including phenoxy) is 2. The predicted molar refractivity (Wildman–Crippen MR) is 60.1 cm³/mol. The second-order valence-electron chi connectivity index (χ2n) is 3.46. The highest BCUT2D eigenvalue weighted by atomic mass is 19.1. The molecule has 98 valence electrons. The molecule has 0 bridgehead atoms. The number of aromatic carboxylic acids is 1. The first-order valence-corrected chi connectivity index (χ1v) is 5.31. The average molecular weight is 256 g/mol. The molecule has 1 atom stereocenters. The molecule has 1 aromatic carbocycles. The van der Waals surface area contributed by atoms with Crippen molar-refractivity contribution in [3.63, 3.8) is 0 Å². The highest BCUT2D eigenvalue weighted by molar-refractivity contribution is 5.91. The van der Waals surface area contributed by atoms with Crippen LogP contribution < -0.4 is 4.74 Å². The molecule has 0 aliphatic rings. The smallest absolute Gasteiger partial charge is 0.347 e. The van der Waals surface area contributed by atoms with Crippen molar-refractivity contribution in [2.45, 2.75) is 20.0 Å². The van der Waals surface area contributed by atoms with Crippen molar-refractivity contribution in [2.75, 3.05) is 6.61 Å². The van der Waals surface area contributed by atoms with Crippen molar-refractivity contribution in [1.82, 2.24) is 0 Å². The Morgan fingerprint density at radius 2 is 2.11 bits per heavy atom. The SMILES string of the molecule is CCOC(=O)C(C)Oc1ccc(F)cc1C(=O)O. The average Bonchev–Trinajstić information content (AvgIpc) is 2.31. The van der Waals surface area contributed by atoms with Gasteiger partial charge in [0, 0.05) is 0 Å². The zero-order valence-corrected chi connectivity index (χ0v) is 9.97. The van der Waals surface area contributed by atoms with E-state index in [-0.39, 0.29) is 17.9 Å². The fourth-order valence-electron chi connectivity index (χ4n) is 1.27. The second-order valence-corrected chi connectivity index (χ2v) is 3.46. The van der Waals surface area contributed by atoms with Crippen LogP contribution in [0.15, 0.2) is 18.2 Å². The maximum atomic E-state index is 12.9. The van der Waals surface area contributed by atoms with Gasteiger partial charge in [0.2, 0.25) is 0 Å². The molecule has 1 aromatic rings. The zero-order valence-electron chi connectivity index (χ0n) is 9.97. The standard InChI is InChI=1S/C12H13FO5/c1-3-17-12(16)7(2)18-10-5-4-8(13)6-9(10)11(14)15/h4-7H,3H2,1-2H3,(H,14,15). The van der Waals surface area contributed by atoms with Crippen LogP contribution in [-0.4, -0.2) is 29.8 Å². The van der Waals surface area contributed by atoms with Crippen LogP contribution in [0.2, 0.25) is 0 Å². The Morgan fingerprint density at radius 1 is 1.44 bits per heavy atom. The summed E-state index contributed by atoms with van der Waals surface area (Å²) in [5, 5.41) is 8.88. The van der Waals surface area contributed by atoms with E-state index >= 15 is 0 Å². The fraction of sp³-hybridized carbons (Fsp3) is 0.333. The van der Waals surface area contributed by atoms with E-state index in [1.165, 1.54) is 6.92 Å². The summed E-state index contributed by atoms with van der Waals surface area (Å²) in [4.78, 5) is 22.2. The van der Waals surface area contributed by atoms with Gasteiger partial charge in [-0.15, -0.1) is 0 Å². The first kappa shape index (κ1) is 14.0. The predicted octanol–water partition coefficient (Wildman–Crippen LogP) is 1.85. The third-order valence-corrected chi connectivity index (χ3v) is 2.09. The summed E-state index contributed by atoms with van der Waals surface area (Å²) < 4.78 is 22.8. The lowest BCUT2D eigenvalue weighted by atomic mass is 10.2. The second kappa shape index (κ2) is 6.00. The van der Waals surface area contributed by atoms with E-state index in [9.17, 15) is 14.0 Å². The Balaban J connectivity index is 2.90. The summed E-state index contributed by atoms with van der Waals surface area (Å²) in [5.41, 5.74) is -0.342. The van der Waals surface area contributed by atoms with Gasteiger partial charge in [-0.3, -0.25) is 0 Å². The van der Waals surface area contributed by atoms with E-state index in [1.807, 2.05) is 0 Å². The largest absolute Gasteiger partial charge is 0.478 e. The van der Waals surface area contributed by atoms with Gasteiger partial charge >= 0.3 is 11.9 Å². The molecular formula is C12H13FO5. The maximum absolute atomic E-state index is 12.9. The van der Waals surface area contributed by atoms with Gasteiger partial charge < -0.3 is 14.6 Å². The molecule has 0 saturated carbocycles. The number of esters is 1. The molecular weight excluding hydrogens is 243 g/mol. The van der Waals surface area contributed by atoms with Crippen molar-refractivity contribution in [3.8, 4) is 5.75 Å². The number of carbonyl (C=O) groups excluding carboxylic acids is 1. The van der Waals surface area contributed by atoms with Gasteiger partial charge in [-0.2, -0.15) is 0 Å². The minimum absolute atomic E-state index is 0.0792. The fourth-order valence-corrected chi connectivity index (χ4v) is 1.27. The van der Waals surface area contributed by atoms with Crippen molar-refractivity contribution in [1.29, 1.82) is 0 Å². The van der Waals surface area contributed by atoms with E-state index in [0.29, 0.717) is 0 Å². The van der Waals surface area contributed by atoms with Crippen LogP contribution >= 0.6 is 0 Å². The Morgan fingerprint density at radius 3 is 2.67 bits per heavy atom. The molecule has 0 aliphatic carbocycles. The maximum Gasteiger partial charge on any atom is 0.347 e. The number of carboxylic acids is 1. The summed E-state index contributed by atoms with van der Waals surface area (Å²) in [6, 6.07) is 3.05. The first-order chi connectivity index (χ1) is 8.45. The Labute approximate surface area is 103 Å². The highest BCUT2D eigenvalue weighted by Gasteiger charge is 2.20. The molecule has 18 heavy (non-hydrogen) atoms. The van der Waals surface area contributed by atoms with Gasteiger partial charge in [-0.1, -0.05) is 0 Å². The van der Waals surface area contributed by atoms with Crippen molar-refractivity contribution in [2.24, 2.45) is 0 Å². The van der Waals surface area contributed by atoms with E-state index in [1.54, 1.807) is 6.92 Å². The Kier molecular flexibility index (Phi) is 4.65.